The number of hydrogen-bond donors (Lipinski definition) is 1. The minimum atomic E-state index is -0.245. The fourth-order valence-electron chi connectivity index (χ4n) is 5.81. The van der Waals surface area contributed by atoms with Crippen LogP contribution in [0.1, 0.15) is 73.1 Å². The monoisotopic (exact) mass is 579 g/mol. The lowest BCUT2D eigenvalue weighted by molar-refractivity contribution is -0.114. The molecule has 4 rings (SSSR count). The molecule has 0 saturated heterocycles. The number of amides is 1. The van der Waals surface area contributed by atoms with E-state index in [1.807, 2.05) is 24.4 Å². The summed E-state index contributed by atoms with van der Waals surface area (Å²) in [6.45, 7) is 5.31. The lowest BCUT2D eigenvalue weighted by Crippen LogP contribution is -2.42. The van der Waals surface area contributed by atoms with Crippen molar-refractivity contribution in [2.75, 3.05) is 39.2 Å². The molecular weight excluding hydrogens is 538 g/mol. The van der Waals surface area contributed by atoms with Crippen molar-refractivity contribution in [3.63, 3.8) is 0 Å². The highest BCUT2D eigenvalue weighted by molar-refractivity contribution is 6.34. The number of nitrogens with one attached hydrogen (secondary N) is 1. The number of pyridine rings is 1. The minimum Gasteiger partial charge on any atom is -0.378 e. The van der Waals surface area contributed by atoms with Crippen LogP contribution in [0.3, 0.4) is 0 Å². The van der Waals surface area contributed by atoms with Crippen molar-refractivity contribution in [2.24, 2.45) is 4.99 Å². The Hall–Kier alpha value is -3.07. The van der Waals surface area contributed by atoms with E-state index in [9.17, 15) is 9.59 Å². The van der Waals surface area contributed by atoms with Gasteiger partial charge in [0.1, 0.15) is 5.16 Å². The summed E-state index contributed by atoms with van der Waals surface area (Å²) in [5.41, 5.74) is 5.58. The van der Waals surface area contributed by atoms with Crippen molar-refractivity contribution in [1.29, 1.82) is 0 Å². The molecule has 1 amide bonds. The summed E-state index contributed by atoms with van der Waals surface area (Å²) in [6.07, 6.45) is 7.28. The van der Waals surface area contributed by atoms with Crippen molar-refractivity contribution >= 4 is 34.7 Å². The Kier molecular flexibility index (Phi) is 10.7. The van der Waals surface area contributed by atoms with Gasteiger partial charge in [0.05, 0.1) is 17.9 Å². The molecule has 220 valence electrons. The van der Waals surface area contributed by atoms with Crippen molar-refractivity contribution in [2.45, 2.75) is 71.1 Å². The fourth-order valence-corrected chi connectivity index (χ4v) is 6.13. The second-order valence-corrected chi connectivity index (χ2v) is 11.6. The summed E-state index contributed by atoms with van der Waals surface area (Å²) in [6, 6.07) is 11.2. The molecule has 0 spiro atoms. The molecule has 2 aromatic rings. The number of rotatable bonds is 11. The molecule has 0 atom stereocenters. The molecule has 1 aromatic carbocycles. The van der Waals surface area contributed by atoms with Gasteiger partial charge in [0, 0.05) is 61.9 Å². The van der Waals surface area contributed by atoms with E-state index >= 15 is 0 Å². The smallest absolute Gasteiger partial charge is 0.251 e. The average molecular weight is 580 g/mol. The number of methoxy groups -OCH3 is 1. The number of ketones is 1. The van der Waals surface area contributed by atoms with Gasteiger partial charge < -0.3 is 19.9 Å². The maximum Gasteiger partial charge on any atom is 0.251 e. The quantitative estimate of drug-likeness (QED) is 0.371. The second kappa shape index (κ2) is 14.2. The highest BCUT2D eigenvalue weighted by Crippen LogP contribution is 2.31. The van der Waals surface area contributed by atoms with Crippen LogP contribution in [-0.2, 0) is 22.6 Å². The van der Waals surface area contributed by atoms with Crippen molar-refractivity contribution in [1.82, 2.24) is 15.2 Å². The predicted molar refractivity (Wildman–Crippen MR) is 165 cm³/mol. The Morgan fingerprint density at radius 1 is 1.10 bits per heavy atom. The number of aromatic nitrogens is 1. The number of Topliss-reactive ketones (excluding diaryl/α,β-unsaturated/α-hetero) is 1. The molecule has 0 bridgehead atoms. The molecule has 2 heterocycles. The predicted octanol–water partition coefficient (Wildman–Crippen LogP) is 5.13. The highest BCUT2D eigenvalue weighted by Gasteiger charge is 2.27. The Bertz CT molecular complexity index is 1300. The van der Waals surface area contributed by atoms with Gasteiger partial charge >= 0.3 is 0 Å². The molecule has 41 heavy (non-hydrogen) atoms. The Balaban J connectivity index is 1.60. The first kappa shape index (κ1) is 30.9. The molecular formula is C32H42ClN5O3. The zero-order valence-electron chi connectivity index (χ0n) is 24.9. The van der Waals surface area contributed by atoms with E-state index in [0.717, 1.165) is 54.7 Å². The number of carbonyl (C=O) groups excluding carboxylic acids is 2. The van der Waals surface area contributed by atoms with Crippen LogP contribution in [0.25, 0.3) is 0 Å². The lowest BCUT2D eigenvalue weighted by Gasteiger charge is -2.40. The number of benzene rings is 1. The van der Waals surface area contributed by atoms with Crippen LogP contribution in [0.4, 0.5) is 5.69 Å². The van der Waals surface area contributed by atoms with Crippen LogP contribution in [0.5, 0.6) is 0 Å². The van der Waals surface area contributed by atoms with E-state index in [0.29, 0.717) is 42.0 Å². The number of aliphatic imine (C=N–C) groups is 1. The molecule has 1 fully saturated rings. The van der Waals surface area contributed by atoms with Gasteiger partial charge in [0.2, 0.25) is 0 Å². The van der Waals surface area contributed by atoms with Gasteiger partial charge in [-0.3, -0.25) is 14.6 Å². The standard InChI is InChI=1S/C32H42ClN5O3/c1-6-38(27-11-9-26(10-12-27)37(3)4)28-16-23(14-22-7-8-25(20-41-5)34-18-22)15-24(17-28)32(40)35-19-29-30(39)13-21(2)36-31(29)33/h7-8,15-18,26-27H,6,9-14,19-20H2,1-5H3,(H,35,40)/t26-,27-. The van der Waals surface area contributed by atoms with Crippen molar-refractivity contribution in [3.8, 4) is 0 Å². The maximum absolute atomic E-state index is 13.5. The lowest BCUT2D eigenvalue weighted by atomic mass is 9.89. The SMILES string of the molecule is CCN(c1cc(Cc2ccc(COC)nc2)cc(C(=O)NCC2=C(Cl)N=C(C)CC2=O)c1)[C@H]1CC[C@H](N(C)C)CC1. The zero-order chi connectivity index (χ0) is 29.5. The molecule has 8 nitrogen and oxygen atoms in total. The summed E-state index contributed by atoms with van der Waals surface area (Å²) in [5, 5.41) is 3.07. The number of carbonyl (C=O) groups is 2. The third-order valence-electron chi connectivity index (χ3n) is 8.05. The summed E-state index contributed by atoms with van der Waals surface area (Å²) in [7, 11) is 5.97. The number of nitrogens with zero attached hydrogens (tertiary/aromatic N) is 4. The van der Waals surface area contributed by atoms with Gasteiger partial charge in [-0.05, 0) is 95.4 Å². The van der Waals surface area contributed by atoms with Crippen molar-refractivity contribution < 1.29 is 14.3 Å². The van der Waals surface area contributed by atoms with E-state index in [1.54, 1.807) is 14.0 Å². The summed E-state index contributed by atoms with van der Waals surface area (Å²) >= 11 is 6.25. The molecule has 0 unspecified atom stereocenters. The van der Waals surface area contributed by atoms with Gasteiger partial charge in [-0.15, -0.1) is 0 Å². The Morgan fingerprint density at radius 2 is 1.83 bits per heavy atom. The van der Waals surface area contributed by atoms with Gasteiger partial charge in [0.25, 0.3) is 5.91 Å². The van der Waals surface area contributed by atoms with Gasteiger partial charge in [-0.1, -0.05) is 17.7 Å². The molecule has 2 aliphatic rings. The molecule has 9 heteroatoms. The first-order valence-electron chi connectivity index (χ1n) is 14.4. The van der Waals surface area contributed by atoms with E-state index in [2.05, 4.69) is 58.2 Å². The summed E-state index contributed by atoms with van der Waals surface area (Å²) in [5.74, 6) is -0.350. The summed E-state index contributed by atoms with van der Waals surface area (Å²) < 4.78 is 5.19. The van der Waals surface area contributed by atoms with E-state index in [4.69, 9.17) is 16.3 Å². The van der Waals surface area contributed by atoms with Gasteiger partial charge in [-0.25, -0.2) is 4.99 Å². The van der Waals surface area contributed by atoms with Crippen LogP contribution in [0.15, 0.2) is 52.3 Å². The van der Waals surface area contributed by atoms with E-state index in [-0.39, 0.29) is 29.8 Å². The van der Waals surface area contributed by atoms with Crippen LogP contribution in [-0.4, -0.2) is 73.7 Å². The van der Waals surface area contributed by atoms with Gasteiger partial charge in [0.15, 0.2) is 5.78 Å². The van der Waals surface area contributed by atoms with Gasteiger partial charge in [-0.2, -0.15) is 0 Å². The number of anilines is 1. The third-order valence-corrected chi connectivity index (χ3v) is 8.37. The minimum absolute atomic E-state index is 0.0454. The molecule has 0 radical (unpaired) electrons. The van der Waals surface area contributed by atoms with E-state index < -0.39 is 0 Å². The molecule has 1 saturated carbocycles. The normalized spacial score (nSPS) is 19.4. The molecule has 1 aliphatic carbocycles. The van der Waals surface area contributed by atoms with Crippen molar-refractivity contribution in [3.05, 3.63) is 69.6 Å². The van der Waals surface area contributed by atoms with E-state index in [1.165, 1.54) is 0 Å². The number of hydrogen-bond acceptors (Lipinski definition) is 7. The second-order valence-electron chi connectivity index (χ2n) is 11.3. The number of halogens is 1. The van der Waals surface area contributed by atoms with Crippen LogP contribution in [0.2, 0.25) is 0 Å². The molecule has 1 N–H and O–H groups in total. The average Bonchev–Trinajstić information content (AvgIpc) is 2.94. The molecule has 1 aromatic heterocycles. The fraction of sp³-hybridized carbons (Fsp3) is 0.500. The van der Waals surface area contributed by atoms with Crippen LogP contribution < -0.4 is 10.2 Å². The maximum atomic E-state index is 13.5. The number of ether oxygens (including phenoxy) is 1. The highest BCUT2D eigenvalue weighted by atomic mass is 35.5. The summed E-state index contributed by atoms with van der Waals surface area (Å²) in [4.78, 5) is 39.5. The first-order valence-corrected chi connectivity index (χ1v) is 14.8. The van der Waals surface area contributed by atoms with Crippen LogP contribution in [0, 0.1) is 0 Å². The Morgan fingerprint density at radius 3 is 2.44 bits per heavy atom. The first-order chi connectivity index (χ1) is 19.7. The van der Waals surface area contributed by atoms with Crippen LogP contribution >= 0.6 is 11.6 Å². The molecule has 1 aliphatic heterocycles. The topological polar surface area (TPSA) is 87.1 Å². The Labute approximate surface area is 248 Å². The zero-order valence-corrected chi connectivity index (χ0v) is 25.6. The largest absolute Gasteiger partial charge is 0.378 e. The third kappa shape index (κ3) is 8.03.